The van der Waals surface area contributed by atoms with Gasteiger partial charge >= 0.3 is 0 Å². The maximum atomic E-state index is 13.9. The molecule has 1 fully saturated rings. The van der Waals surface area contributed by atoms with Gasteiger partial charge in [-0.3, -0.25) is 4.79 Å². The largest absolute Gasteiger partial charge is 0.493 e. The number of aryl methyl sites for hydroxylation is 2. The number of methoxy groups -OCH3 is 1. The zero-order valence-corrected chi connectivity index (χ0v) is 22.4. The van der Waals surface area contributed by atoms with E-state index >= 15 is 0 Å². The second-order valence-corrected chi connectivity index (χ2v) is 10.0. The van der Waals surface area contributed by atoms with Crippen molar-refractivity contribution in [3.8, 4) is 11.5 Å². The number of amides is 1. The molecule has 0 bridgehead atoms. The van der Waals surface area contributed by atoms with Crippen LogP contribution in [0.15, 0.2) is 65.2 Å². The van der Waals surface area contributed by atoms with Crippen LogP contribution in [0.3, 0.4) is 0 Å². The van der Waals surface area contributed by atoms with Crippen molar-refractivity contribution in [2.24, 2.45) is 0 Å². The standard InChI is InChI=1S/C30H34N4O4/c1-20-8-5-6-10-25(20)22-13-15-30(16-14-22,28-31-21(2)38-33-28)29(35)32-23-11-12-26(36-4)27(18-23)37-19-24-9-7-17-34(24)3/h5-6,8,10-15,18,24H,7,9,16-17,19H2,1-4H3,(H,32,35)/t24-,30?/m0/s1. The van der Waals surface area contributed by atoms with E-state index in [2.05, 4.69) is 52.5 Å². The van der Waals surface area contributed by atoms with Crippen molar-refractivity contribution in [2.45, 2.75) is 44.6 Å². The molecule has 1 unspecified atom stereocenters. The third-order valence-electron chi connectivity index (χ3n) is 7.50. The minimum atomic E-state index is -1.11. The highest BCUT2D eigenvalue weighted by Gasteiger charge is 2.43. The van der Waals surface area contributed by atoms with Crippen molar-refractivity contribution in [1.29, 1.82) is 0 Å². The maximum Gasteiger partial charge on any atom is 0.242 e. The van der Waals surface area contributed by atoms with E-state index in [1.165, 1.54) is 12.0 Å². The summed E-state index contributed by atoms with van der Waals surface area (Å²) in [5.41, 5.74) is 2.85. The molecule has 2 aliphatic rings. The number of likely N-dealkylation sites (tertiary alicyclic amines) is 1. The van der Waals surface area contributed by atoms with E-state index in [0.29, 0.717) is 48.0 Å². The van der Waals surface area contributed by atoms with Gasteiger partial charge in [0.1, 0.15) is 12.0 Å². The topological polar surface area (TPSA) is 89.7 Å². The first-order valence-electron chi connectivity index (χ1n) is 13.0. The van der Waals surface area contributed by atoms with Gasteiger partial charge in [0.15, 0.2) is 17.3 Å². The Morgan fingerprint density at radius 2 is 2.05 bits per heavy atom. The van der Waals surface area contributed by atoms with Gasteiger partial charge in [0, 0.05) is 24.7 Å². The minimum Gasteiger partial charge on any atom is -0.493 e. The second kappa shape index (κ2) is 10.8. The molecule has 0 saturated carbocycles. The lowest BCUT2D eigenvalue weighted by Crippen LogP contribution is -2.40. The molecule has 0 radical (unpaired) electrons. The monoisotopic (exact) mass is 514 g/mol. The molecule has 2 aromatic carbocycles. The molecule has 0 spiro atoms. The molecule has 1 N–H and O–H groups in total. The van der Waals surface area contributed by atoms with Crippen molar-refractivity contribution in [1.82, 2.24) is 15.0 Å². The molecule has 1 aromatic heterocycles. The zero-order valence-electron chi connectivity index (χ0n) is 22.4. The Labute approximate surface area is 223 Å². The van der Waals surface area contributed by atoms with E-state index in [0.717, 1.165) is 24.1 Å². The first-order chi connectivity index (χ1) is 18.4. The molecule has 38 heavy (non-hydrogen) atoms. The molecule has 3 aromatic rings. The number of likely N-dealkylation sites (N-methyl/N-ethyl adjacent to an activating group) is 1. The first-order valence-corrected chi connectivity index (χ1v) is 13.0. The predicted molar refractivity (Wildman–Crippen MR) is 146 cm³/mol. The van der Waals surface area contributed by atoms with E-state index in [9.17, 15) is 4.79 Å². The van der Waals surface area contributed by atoms with Crippen LogP contribution in [-0.4, -0.2) is 54.3 Å². The van der Waals surface area contributed by atoms with Crippen LogP contribution < -0.4 is 14.8 Å². The number of allylic oxidation sites excluding steroid dienone is 3. The summed E-state index contributed by atoms with van der Waals surface area (Å²) < 4.78 is 16.9. The number of nitrogens with zero attached hydrogens (tertiary/aromatic N) is 3. The molecule has 8 nitrogen and oxygen atoms in total. The van der Waals surface area contributed by atoms with Crippen molar-refractivity contribution in [3.63, 3.8) is 0 Å². The smallest absolute Gasteiger partial charge is 0.242 e. The molecule has 198 valence electrons. The van der Waals surface area contributed by atoms with E-state index in [-0.39, 0.29) is 5.91 Å². The fourth-order valence-electron chi connectivity index (χ4n) is 5.14. The van der Waals surface area contributed by atoms with Gasteiger partial charge in [0.05, 0.1) is 7.11 Å². The average molecular weight is 515 g/mol. The van der Waals surface area contributed by atoms with Gasteiger partial charge in [0.25, 0.3) is 0 Å². The van der Waals surface area contributed by atoms with Gasteiger partial charge in [-0.05, 0) is 68.6 Å². The van der Waals surface area contributed by atoms with Crippen molar-refractivity contribution in [2.75, 3.05) is 32.6 Å². The Hall–Kier alpha value is -3.91. The Morgan fingerprint density at radius 1 is 1.21 bits per heavy atom. The number of benzene rings is 2. The van der Waals surface area contributed by atoms with Crippen molar-refractivity contribution >= 4 is 17.2 Å². The molecule has 1 aliphatic heterocycles. The van der Waals surface area contributed by atoms with Crippen LogP contribution >= 0.6 is 0 Å². The molecular formula is C30H34N4O4. The molecule has 5 rings (SSSR count). The summed E-state index contributed by atoms with van der Waals surface area (Å²) in [6, 6.07) is 14.0. The third-order valence-corrected chi connectivity index (χ3v) is 7.50. The second-order valence-electron chi connectivity index (χ2n) is 10.0. The highest BCUT2D eigenvalue weighted by Crippen LogP contribution is 2.38. The maximum absolute atomic E-state index is 13.9. The summed E-state index contributed by atoms with van der Waals surface area (Å²) in [5.74, 6) is 1.71. The Morgan fingerprint density at radius 3 is 2.71 bits per heavy atom. The van der Waals surface area contributed by atoms with E-state index in [1.807, 2.05) is 36.4 Å². The fraction of sp³-hybridized carbons (Fsp3) is 0.367. The normalized spacial score (nSPS) is 21.3. The Kier molecular flexibility index (Phi) is 7.33. The molecule has 1 amide bonds. The number of anilines is 1. The van der Waals surface area contributed by atoms with Crippen LogP contribution in [0, 0.1) is 13.8 Å². The summed E-state index contributed by atoms with van der Waals surface area (Å²) in [4.78, 5) is 20.6. The SMILES string of the molecule is COc1ccc(NC(=O)C2(c3noc(C)n3)C=CC(c3ccccc3C)=CC2)cc1OC[C@@H]1CCCN1C. The summed E-state index contributed by atoms with van der Waals surface area (Å²) in [6.07, 6.45) is 8.58. The first kappa shape index (κ1) is 25.7. The average Bonchev–Trinajstić information content (AvgIpc) is 3.55. The zero-order chi connectivity index (χ0) is 26.7. The number of aromatic nitrogens is 2. The van der Waals surface area contributed by atoms with E-state index in [4.69, 9.17) is 14.0 Å². The molecule has 1 aliphatic carbocycles. The third kappa shape index (κ3) is 5.09. The number of carbonyl (C=O) groups is 1. The quantitative estimate of drug-likeness (QED) is 0.448. The van der Waals surface area contributed by atoms with Crippen LogP contribution in [0.2, 0.25) is 0 Å². The Bertz CT molecular complexity index is 1380. The number of nitrogens with one attached hydrogen (secondary N) is 1. The molecule has 2 atom stereocenters. The van der Waals surface area contributed by atoms with E-state index < -0.39 is 5.41 Å². The van der Waals surface area contributed by atoms with Crippen LogP contribution in [-0.2, 0) is 10.2 Å². The van der Waals surface area contributed by atoms with E-state index in [1.54, 1.807) is 20.1 Å². The minimum absolute atomic E-state index is 0.249. The molecule has 2 heterocycles. The summed E-state index contributed by atoms with van der Waals surface area (Å²) in [7, 11) is 3.73. The lowest BCUT2D eigenvalue weighted by atomic mass is 9.77. The van der Waals surface area contributed by atoms with Crippen molar-refractivity contribution in [3.05, 3.63) is 83.5 Å². The van der Waals surface area contributed by atoms with Crippen LogP contribution in [0.4, 0.5) is 5.69 Å². The predicted octanol–water partition coefficient (Wildman–Crippen LogP) is 5.09. The lowest BCUT2D eigenvalue weighted by molar-refractivity contribution is -0.120. The summed E-state index contributed by atoms with van der Waals surface area (Å²) >= 11 is 0. The van der Waals surface area contributed by atoms with Gasteiger partial charge in [-0.2, -0.15) is 4.98 Å². The molecular weight excluding hydrogens is 480 g/mol. The number of carbonyl (C=O) groups excluding carboxylic acids is 1. The summed E-state index contributed by atoms with van der Waals surface area (Å²) in [6.45, 7) is 5.44. The van der Waals surface area contributed by atoms with Gasteiger partial charge in [-0.25, -0.2) is 0 Å². The highest BCUT2D eigenvalue weighted by molar-refractivity contribution is 6.01. The number of hydrogen-bond donors (Lipinski definition) is 1. The van der Waals surface area contributed by atoms with Crippen LogP contribution in [0.1, 0.15) is 42.1 Å². The fourth-order valence-corrected chi connectivity index (χ4v) is 5.14. The molecule has 8 heteroatoms. The van der Waals surface area contributed by atoms with Gasteiger partial charge < -0.3 is 24.2 Å². The Balaban J connectivity index is 1.40. The summed E-state index contributed by atoms with van der Waals surface area (Å²) in [5, 5.41) is 7.21. The number of rotatable bonds is 8. The lowest BCUT2D eigenvalue weighted by Gasteiger charge is -2.28. The number of ether oxygens (including phenoxy) is 2. The van der Waals surface area contributed by atoms with Gasteiger partial charge in [0.2, 0.25) is 11.8 Å². The van der Waals surface area contributed by atoms with Crippen LogP contribution in [0.5, 0.6) is 11.5 Å². The van der Waals surface area contributed by atoms with Crippen LogP contribution in [0.25, 0.3) is 5.57 Å². The van der Waals surface area contributed by atoms with Gasteiger partial charge in [-0.1, -0.05) is 47.7 Å². The van der Waals surface area contributed by atoms with Crippen molar-refractivity contribution < 1.29 is 18.8 Å². The number of hydrogen-bond acceptors (Lipinski definition) is 7. The molecule has 1 saturated heterocycles. The highest BCUT2D eigenvalue weighted by atomic mass is 16.5. The van der Waals surface area contributed by atoms with Gasteiger partial charge in [-0.15, -0.1) is 0 Å².